The van der Waals surface area contributed by atoms with E-state index in [9.17, 15) is 9.90 Å². The van der Waals surface area contributed by atoms with Crippen LogP contribution in [0.4, 0.5) is 0 Å². The van der Waals surface area contributed by atoms with E-state index in [-0.39, 0.29) is 11.3 Å². The molecule has 0 aliphatic heterocycles. The molecule has 18 heavy (non-hydrogen) atoms. The topological polar surface area (TPSA) is 46.5 Å². The van der Waals surface area contributed by atoms with Gasteiger partial charge in [0.25, 0.3) is 0 Å². The molecule has 0 fully saturated rings. The molecule has 1 N–H and O–H groups in total. The largest absolute Gasteiger partial charge is 0.507 e. The zero-order valence-corrected chi connectivity index (χ0v) is 9.87. The van der Waals surface area contributed by atoms with Crippen LogP contribution in [0, 0.1) is 0 Å². The summed E-state index contributed by atoms with van der Waals surface area (Å²) < 4.78 is 5.51. The van der Waals surface area contributed by atoms with Crippen molar-refractivity contribution < 1.29 is 14.6 Å². The van der Waals surface area contributed by atoms with E-state index in [0.717, 1.165) is 6.42 Å². The summed E-state index contributed by atoms with van der Waals surface area (Å²) in [5.74, 6) is 0.510. The van der Waals surface area contributed by atoms with Crippen molar-refractivity contribution in [1.82, 2.24) is 0 Å². The lowest BCUT2D eigenvalue weighted by molar-refractivity contribution is 0.112. The normalized spacial score (nSPS) is 10.0. The number of aldehydes is 1. The Morgan fingerprint density at radius 3 is 2.56 bits per heavy atom. The van der Waals surface area contributed by atoms with Crippen LogP contribution in [0.3, 0.4) is 0 Å². The summed E-state index contributed by atoms with van der Waals surface area (Å²) >= 11 is 0. The quantitative estimate of drug-likeness (QED) is 0.820. The Bertz CT molecular complexity index is 521. The molecular formula is C15H14O3. The van der Waals surface area contributed by atoms with Crippen molar-refractivity contribution in [2.45, 2.75) is 6.42 Å². The lowest BCUT2D eigenvalue weighted by atomic mass is 10.2. The molecule has 0 aliphatic carbocycles. The van der Waals surface area contributed by atoms with Gasteiger partial charge in [-0.2, -0.15) is 0 Å². The van der Waals surface area contributed by atoms with Gasteiger partial charge in [0.15, 0.2) is 6.29 Å². The molecule has 2 aromatic carbocycles. The van der Waals surface area contributed by atoms with Gasteiger partial charge in [0.05, 0.1) is 12.2 Å². The molecular weight excluding hydrogens is 228 g/mol. The van der Waals surface area contributed by atoms with Gasteiger partial charge in [0.2, 0.25) is 0 Å². The highest BCUT2D eigenvalue weighted by Crippen LogP contribution is 2.22. The van der Waals surface area contributed by atoms with Gasteiger partial charge in [0, 0.05) is 12.5 Å². The van der Waals surface area contributed by atoms with Crippen LogP contribution in [0.25, 0.3) is 0 Å². The second-order valence-corrected chi connectivity index (χ2v) is 3.92. The third-order valence-electron chi connectivity index (χ3n) is 2.63. The predicted octanol–water partition coefficient (Wildman–Crippen LogP) is 2.83. The minimum Gasteiger partial charge on any atom is -0.507 e. The average Bonchev–Trinajstić information content (AvgIpc) is 2.40. The Hall–Kier alpha value is -2.29. The Kier molecular flexibility index (Phi) is 3.97. The molecule has 0 saturated carbocycles. The second kappa shape index (κ2) is 5.87. The molecule has 0 saturated heterocycles. The number of benzene rings is 2. The first kappa shape index (κ1) is 12.2. The molecule has 0 aromatic heterocycles. The fraction of sp³-hybridized carbons (Fsp3) is 0.133. The van der Waals surface area contributed by atoms with Crippen LogP contribution in [0.1, 0.15) is 15.9 Å². The molecule has 0 amide bonds. The van der Waals surface area contributed by atoms with Gasteiger partial charge in [-0.3, -0.25) is 4.79 Å². The molecule has 2 rings (SSSR count). The highest BCUT2D eigenvalue weighted by Gasteiger charge is 2.02. The Morgan fingerprint density at radius 2 is 1.89 bits per heavy atom. The number of hydrogen-bond acceptors (Lipinski definition) is 3. The zero-order chi connectivity index (χ0) is 12.8. The van der Waals surface area contributed by atoms with Crippen molar-refractivity contribution in [3.05, 3.63) is 59.7 Å². The van der Waals surface area contributed by atoms with Crippen LogP contribution in [0.15, 0.2) is 48.5 Å². The van der Waals surface area contributed by atoms with Crippen LogP contribution in [0.2, 0.25) is 0 Å². The van der Waals surface area contributed by atoms with Crippen molar-refractivity contribution >= 4 is 6.29 Å². The van der Waals surface area contributed by atoms with Gasteiger partial charge in [-0.25, -0.2) is 0 Å². The Balaban J connectivity index is 1.91. The summed E-state index contributed by atoms with van der Waals surface area (Å²) in [5.41, 5.74) is 1.47. The summed E-state index contributed by atoms with van der Waals surface area (Å²) in [5, 5.41) is 9.50. The van der Waals surface area contributed by atoms with Crippen molar-refractivity contribution in [2.24, 2.45) is 0 Å². The van der Waals surface area contributed by atoms with E-state index in [1.54, 1.807) is 12.1 Å². The Labute approximate surface area is 106 Å². The Morgan fingerprint density at radius 1 is 1.11 bits per heavy atom. The number of hydrogen-bond donors (Lipinski definition) is 1. The molecule has 3 nitrogen and oxygen atoms in total. The van der Waals surface area contributed by atoms with Crippen LogP contribution in [0.5, 0.6) is 11.5 Å². The number of phenols is 1. The average molecular weight is 242 g/mol. The van der Waals surface area contributed by atoms with E-state index < -0.39 is 0 Å². The fourth-order valence-corrected chi connectivity index (χ4v) is 1.64. The van der Waals surface area contributed by atoms with Gasteiger partial charge in [-0.15, -0.1) is 0 Å². The number of carbonyl (C=O) groups excluding carboxylic acids is 1. The van der Waals surface area contributed by atoms with Crippen LogP contribution >= 0.6 is 0 Å². The first-order valence-corrected chi connectivity index (χ1v) is 5.74. The van der Waals surface area contributed by atoms with Crippen molar-refractivity contribution in [3.8, 4) is 11.5 Å². The van der Waals surface area contributed by atoms with Crippen LogP contribution in [-0.4, -0.2) is 18.0 Å². The van der Waals surface area contributed by atoms with Gasteiger partial charge in [-0.1, -0.05) is 30.3 Å². The molecule has 0 spiro atoms. The molecule has 0 atom stereocenters. The smallest absolute Gasteiger partial charge is 0.153 e. The van der Waals surface area contributed by atoms with Crippen molar-refractivity contribution in [2.75, 3.05) is 6.61 Å². The first-order chi connectivity index (χ1) is 8.79. The van der Waals surface area contributed by atoms with Gasteiger partial charge >= 0.3 is 0 Å². The van der Waals surface area contributed by atoms with Gasteiger partial charge in [-0.05, 0) is 17.7 Å². The van der Waals surface area contributed by atoms with E-state index in [1.165, 1.54) is 11.6 Å². The number of phenolic OH excluding ortho intramolecular Hbond substituents is 1. The standard InChI is InChI=1S/C15H14O3/c16-11-13-6-7-14(10-15(13)17)18-9-8-12-4-2-1-3-5-12/h1-7,10-11,17H,8-9H2. The second-order valence-electron chi connectivity index (χ2n) is 3.92. The molecule has 3 heteroatoms. The highest BCUT2D eigenvalue weighted by atomic mass is 16.5. The summed E-state index contributed by atoms with van der Waals surface area (Å²) in [7, 11) is 0. The van der Waals surface area contributed by atoms with Gasteiger partial charge in [0.1, 0.15) is 11.5 Å². The lowest BCUT2D eigenvalue weighted by Crippen LogP contribution is -2.01. The first-order valence-electron chi connectivity index (χ1n) is 5.74. The SMILES string of the molecule is O=Cc1ccc(OCCc2ccccc2)cc1O. The molecule has 92 valence electrons. The molecule has 0 bridgehead atoms. The van der Waals surface area contributed by atoms with E-state index >= 15 is 0 Å². The minimum absolute atomic E-state index is 0.0535. The number of rotatable bonds is 5. The molecule has 0 unspecified atom stereocenters. The van der Waals surface area contributed by atoms with E-state index in [2.05, 4.69) is 0 Å². The summed E-state index contributed by atoms with van der Waals surface area (Å²) in [6, 6.07) is 14.7. The summed E-state index contributed by atoms with van der Waals surface area (Å²) in [6.07, 6.45) is 1.42. The number of ether oxygens (including phenoxy) is 1. The molecule has 0 heterocycles. The number of carbonyl (C=O) groups is 1. The predicted molar refractivity (Wildman–Crippen MR) is 69.1 cm³/mol. The maximum absolute atomic E-state index is 10.5. The van der Waals surface area contributed by atoms with E-state index in [4.69, 9.17) is 4.74 Å². The summed E-state index contributed by atoms with van der Waals surface area (Å²) in [4.78, 5) is 10.5. The van der Waals surface area contributed by atoms with Crippen LogP contribution in [-0.2, 0) is 6.42 Å². The monoisotopic (exact) mass is 242 g/mol. The maximum atomic E-state index is 10.5. The van der Waals surface area contributed by atoms with Crippen molar-refractivity contribution in [3.63, 3.8) is 0 Å². The zero-order valence-electron chi connectivity index (χ0n) is 9.87. The van der Waals surface area contributed by atoms with Crippen LogP contribution < -0.4 is 4.74 Å². The lowest BCUT2D eigenvalue weighted by Gasteiger charge is -2.07. The fourth-order valence-electron chi connectivity index (χ4n) is 1.64. The molecule has 0 aliphatic rings. The third kappa shape index (κ3) is 3.10. The highest BCUT2D eigenvalue weighted by molar-refractivity contribution is 5.79. The summed E-state index contributed by atoms with van der Waals surface area (Å²) in [6.45, 7) is 0.532. The van der Waals surface area contributed by atoms with Crippen molar-refractivity contribution in [1.29, 1.82) is 0 Å². The molecule has 2 aromatic rings. The maximum Gasteiger partial charge on any atom is 0.153 e. The van der Waals surface area contributed by atoms with Gasteiger partial charge < -0.3 is 9.84 Å². The van der Waals surface area contributed by atoms with E-state index in [1.807, 2.05) is 30.3 Å². The number of aromatic hydroxyl groups is 1. The minimum atomic E-state index is -0.0535. The third-order valence-corrected chi connectivity index (χ3v) is 2.63. The van der Waals surface area contributed by atoms with E-state index in [0.29, 0.717) is 18.6 Å². The molecule has 0 radical (unpaired) electrons.